The standard InChI is InChI=1S/C20H28ClN3O3.2ClH/c1-26-20(6-8-22-9-7-20)19(25)23-16-10-17-13-27-18(12-24(17)11-16)14-2-4-15(21)5-3-14;;/h2-5,16-18,22H,6-13H2,1H3,(H,23,25);2*1H/t16-,17+,18-;;/m1../s1. The first-order chi connectivity index (χ1) is 13.1. The van der Waals surface area contributed by atoms with Gasteiger partial charge in [-0.1, -0.05) is 23.7 Å². The Morgan fingerprint density at radius 1 is 1.24 bits per heavy atom. The minimum absolute atomic E-state index is 0. The molecule has 4 rings (SSSR count). The number of fused-ring (bicyclic) bond motifs is 1. The van der Waals surface area contributed by atoms with Crippen molar-refractivity contribution in [1.82, 2.24) is 15.5 Å². The molecule has 0 bridgehead atoms. The fourth-order valence-electron chi connectivity index (χ4n) is 4.53. The van der Waals surface area contributed by atoms with E-state index in [1.165, 1.54) is 0 Å². The first-order valence-electron chi connectivity index (χ1n) is 9.77. The van der Waals surface area contributed by atoms with Crippen molar-refractivity contribution in [2.24, 2.45) is 0 Å². The summed E-state index contributed by atoms with van der Waals surface area (Å²) in [6.07, 6.45) is 2.42. The van der Waals surface area contributed by atoms with Gasteiger partial charge in [-0.2, -0.15) is 0 Å². The molecule has 3 fully saturated rings. The van der Waals surface area contributed by atoms with Crippen LogP contribution in [0.5, 0.6) is 0 Å². The lowest BCUT2D eigenvalue weighted by atomic mass is 9.90. The Morgan fingerprint density at radius 3 is 2.59 bits per heavy atom. The molecule has 3 aliphatic heterocycles. The topological polar surface area (TPSA) is 62.8 Å². The van der Waals surface area contributed by atoms with E-state index < -0.39 is 5.60 Å². The molecule has 164 valence electrons. The number of nitrogens with zero attached hydrogens (tertiary/aromatic N) is 1. The van der Waals surface area contributed by atoms with Crippen molar-refractivity contribution in [2.75, 3.05) is 39.9 Å². The van der Waals surface area contributed by atoms with Gasteiger partial charge in [-0.05, 0) is 50.0 Å². The summed E-state index contributed by atoms with van der Waals surface area (Å²) >= 11 is 5.99. The zero-order valence-electron chi connectivity index (χ0n) is 16.6. The van der Waals surface area contributed by atoms with E-state index in [9.17, 15) is 4.79 Å². The average Bonchev–Trinajstić information content (AvgIpc) is 3.10. The second kappa shape index (κ2) is 10.6. The van der Waals surface area contributed by atoms with Crippen molar-refractivity contribution >= 4 is 42.3 Å². The van der Waals surface area contributed by atoms with E-state index in [0.717, 1.165) is 56.0 Å². The highest BCUT2D eigenvalue weighted by Crippen LogP contribution is 2.31. The summed E-state index contributed by atoms with van der Waals surface area (Å²) < 4.78 is 11.8. The Bertz CT molecular complexity index is 671. The highest BCUT2D eigenvalue weighted by atomic mass is 35.5. The van der Waals surface area contributed by atoms with Crippen LogP contribution < -0.4 is 10.6 Å². The molecule has 1 aromatic rings. The van der Waals surface area contributed by atoms with Crippen molar-refractivity contribution < 1.29 is 14.3 Å². The van der Waals surface area contributed by atoms with Crippen LogP contribution in [0.4, 0.5) is 0 Å². The molecule has 1 amide bonds. The number of ether oxygens (including phenoxy) is 2. The molecule has 3 saturated heterocycles. The second-order valence-corrected chi connectivity index (χ2v) is 8.27. The van der Waals surface area contributed by atoms with Crippen LogP contribution in [0.15, 0.2) is 24.3 Å². The van der Waals surface area contributed by atoms with Crippen LogP contribution in [-0.4, -0.2) is 68.4 Å². The van der Waals surface area contributed by atoms with Gasteiger partial charge in [0, 0.05) is 37.3 Å². The van der Waals surface area contributed by atoms with Gasteiger partial charge in [-0.3, -0.25) is 9.69 Å². The van der Waals surface area contributed by atoms with E-state index in [1.54, 1.807) is 7.11 Å². The van der Waals surface area contributed by atoms with Crippen LogP contribution in [0.1, 0.15) is 30.9 Å². The number of methoxy groups -OCH3 is 1. The summed E-state index contributed by atoms with van der Waals surface area (Å²) in [6.45, 7) is 4.04. The minimum atomic E-state index is -0.684. The Kier molecular flexibility index (Phi) is 9.04. The molecule has 1 aromatic carbocycles. The Balaban J connectivity index is 0.00000150. The summed E-state index contributed by atoms with van der Waals surface area (Å²) in [5.74, 6) is 0.0338. The number of piperidine rings is 1. The maximum absolute atomic E-state index is 12.9. The third-order valence-electron chi connectivity index (χ3n) is 6.21. The second-order valence-electron chi connectivity index (χ2n) is 7.84. The van der Waals surface area contributed by atoms with Gasteiger partial charge in [0.1, 0.15) is 5.60 Å². The quantitative estimate of drug-likeness (QED) is 0.714. The number of carbonyl (C=O) groups excluding carboxylic acids is 1. The van der Waals surface area contributed by atoms with E-state index in [0.29, 0.717) is 12.6 Å². The smallest absolute Gasteiger partial charge is 0.252 e. The number of carbonyl (C=O) groups is 1. The number of morpholine rings is 1. The average molecular weight is 467 g/mol. The summed E-state index contributed by atoms with van der Waals surface area (Å²) in [6, 6.07) is 8.39. The number of nitrogens with one attached hydrogen (secondary N) is 2. The van der Waals surface area contributed by atoms with E-state index in [-0.39, 0.29) is 42.9 Å². The van der Waals surface area contributed by atoms with Crippen LogP contribution in [-0.2, 0) is 14.3 Å². The molecular weight excluding hydrogens is 437 g/mol. The number of halogens is 3. The monoisotopic (exact) mass is 465 g/mol. The third-order valence-corrected chi connectivity index (χ3v) is 6.46. The van der Waals surface area contributed by atoms with Gasteiger partial charge >= 0.3 is 0 Å². The molecule has 0 unspecified atom stereocenters. The summed E-state index contributed by atoms with van der Waals surface area (Å²) in [4.78, 5) is 15.3. The molecule has 3 atom stereocenters. The highest BCUT2D eigenvalue weighted by molar-refractivity contribution is 6.30. The van der Waals surface area contributed by atoms with Crippen molar-refractivity contribution in [1.29, 1.82) is 0 Å². The van der Waals surface area contributed by atoms with Gasteiger partial charge in [-0.15, -0.1) is 24.8 Å². The van der Waals surface area contributed by atoms with E-state index in [2.05, 4.69) is 15.5 Å². The van der Waals surface area contributed by atoms with Gasteiger partial charge in [-0.25, -0.2) is 0 Å². The largest absolute Gasteiger partial charge is 0.371 e. The van der Waals surface area contributed by atoms with Crippen LogP contribution >= 0.6 is 36.4 Å². The lowest BCUT2D eigenvalue weighted by molar-refractivity contribution is -0.147. The molecule has 3 aliphatic rings. The van der Waals surface area contributed by atoms with Gasteiger partial charge in [0.2, 0.25) is 0 Å². The van der Waals surface area contributed by atoms with E-state index in [1.807, 2.05) is 24.3 Å². The zero-order valence-corrected chi connectivity index (χ0v) is 19.0. The lowest BCUT2D eigenvalue weighted by Crippen LogP contribution is -2.56. The Hall–Kier alpha value is -0.600. The Labute approximate surface area is 189 Å². The number of hydrogen-bond acceptors (Lipinski definition) is 5. The molecule has 3 heterocycles. The number of rotatable bonds is 4. The molecule has 2 N–H and O–H groups in total. The van der Waals surface area contributed by atoms with Gasteiger partial charge in [0.05, 0.1) is 12.7 Å². The summed E-state index contributed by atoms with van der Waals surface area (Å²) in [5.41, 5.74) is 0.467. The van der Waals surface area contributed by atoms with Crippen LogP contribution in [0.25, 0.3) is 0 Å². The lowest BCUT2D eigenvalue weighted by Gasteiger charge is -2.35. The predicted octanol–water partition coefficient (Wildman–Crippen LogP) is 2.58. The predicted molar refractivity (Wildman–Crippen MR) is 118 cm³/mol. The normalized spacial score (nSPS) is 28.6. The first-order valence-corrected chi connectivity index (χ1v) is 10.2. The zero-order chi connectivity index (χ0) is 18.9. The van der Waals surface area contributed by atoms with E-state index >= 15 is 0 Å². The minimum Gasteiger partial charge on any atom is -0.371 e. The molecule has 0 aliphatic carbocycles. The van der Waals surface area contributed by atoms with Gasteiger partial charge in [0.15, 0.2) is 0 Å². The molecule has 0 radical (unpaired) electrons. The van der Waals surface area contributed by atoms with E-state index in [4.69, 9.17) is 21.1 Å². The molecule has 6 nitrogen and oxygen atoms in total. The number of amides is 1. The number of benzene rings is 1. The van der Waals surface area contributed by atoms with Crippen molar-refractivity contribution in [2.45, 2.75) is 43.1 Å². The summed E-state index contributed by atoms with van der Waals surface area (Å²) in [7, 11) is 1.65. The highest BCUT2D eigenvalue weighted by Gasteiger charge is 2.43. The number of hydrogen-bond donors (Lipinski definition) is 2. The molecular formula is C20H30Cl3N3O3. The summed E-state index contributed by atoms with van der Waals surface area (Å²) in [5, 5.41) is 7.28. The fourth-order valence-corrected chi connectivity index (χ4v) is 4.66. The van der Waals surface area contributed by atoms with Crippen molar-refractivity contribution in [3.63, 3.8) is 0 Å². The maximum atomic E-state index is 12.9. The molecule has 9 heteroatoms. The maximum Gasteiger partial charge on any atom is 0.252 e. The molecule has 29 heavy (non-hydrogen) atoms. The third kappa shape index (κ3) is 5.37. The van der Waals surface area contributed by atoms with Crippen LogP contribution in [0, 0.1) is 0 Å². The molecule has 0 saturated carbocycles. The van der Waals surface area contributed by atoms with Crippen molar-refractivity contribution in [3.05, 3.63) is 34.9 Å². The molecule has 0 aromatic heterocycles. The first kappa shape index (κ1) is 24.7. The van der Waals surface area contributed by atoms with Crippen LogP contribution in [0.2, 0.25) is 5.02 Å². The van der Waals surface area contributed by atoms with Crippen molar-refractivity contribution in [3.8, 4) is 0 Å². The van der Waals surface area contributed by atoms with Gasteiger partial charge < -0.3 is 20.1 Å². The SMILES string of the molecule is COC1(C(=O)N[C@@H]2C[C@H]3CO[C@@H](c4ccc(Cl)cc4)CN3C2)CCNCC1.Cl.Cl. The van der Waals surface area contributed by atoms with Crippen LogP contribution in [0.3, 0.4) is 0 Å². The fraction of sp³-hybridized carbons (Fsp3) is 0.650. The Morgan fingerprint density at radius 2 is 1.93 bits per heavy atom. The van der Waals surface area contributed by atoms with Gasteiger partial charge in [0.25, 0.3) is 5.91 Å². The molecule has 0 spiro atoms.